The standard InChI is InChI=1S/C64H32I2NO2S/c1-3-12-36-34(10-1)31-66-59(36)50-30-55-49(29-48(50)43-23-22-42-39-14-5-7-18-51(39)65-58(42)60(43)66)40-21-20-33(28-54(40)69-55)38-16-9-17-45-46-25-24-44-41-26-27-53-56(47-15-6-8-19-52(47)68-53)57(41)61-37-13-4-2-11-35(37)32-67(61)62(44)64(46)70-63(38)45/h1-32H/q-1. The van der Waals surface area contributed by atoms with Crippen LogP contribution in [-0.4, -0.2) is 4.40 Å². The fourth-order valence-corrected chi connectivity index (χ4v) is 25.4. The summed E-state index contributed by atoms with van der Waals surface area (Å²) in [6.07, 6.45) is 2.35. The summed E-state index contributed by atoms with van der Waals surface area (Å²) in [5.41, 5.74) is 15.7. The molecule has 5 aromatic heterocycles. The van der Waals surface area contributed by atoms with Gasteiger partial charge >= 0.3 is 276 Å². The maximum atomic E-state index is 7.01. The van der Waals surface area contributed by atoms with Gasteiger partial charge in [-0.15, -0.1) is 0 Å². The summed E-state index contributed by atoms with van der Waals surface area (Å²) in [6.45, 7) is 0. The molecule has 18 rings (SSSR count). The van der Waals surface area contributed by atoms with Gasteiger partial charge in [0.1, 0.15) is 11.2 Å². The van der Waals surface area contributed by atoms with E-state index in [1.807, 2.05) is 11.3 Å². The van der Waals surface area contributed by atoms with Crippen molar-refractivity contribution in [3.05, 3.63) is 215 Å². The molecular weight excluding hydrogens is 1100 g/mol. The maximum absolute atomic E-state index is 7.01. The van der Waals surface area contributed by atoms with E-state index < -0.39 is 19.8 Å². The van der Waals surface area contributed by atoms with Crippen molar-refractivity contribution < 1.29 is 30.0 Å². The van der Waals surface area contributed by atoms with Gasteiger partial charge in [0.25, 0.3) is 0 Å². The number of hydrogen-bond donors (Lipinski definition) is 0. The normalized spacial score (nSPS) is 14.3. The number of furan rings is 2. The van der Waals surface area contributed by atoms with Crippen LogP contribution >= 0.6 is 31.2 Å². The minimum absolute atomic E-state index is 0.264. The summed E-state index contributed by atoms with van der Waals surface area (Å²) < 4.78 is 27.7. The van der Waals surface area contributed by atoms with Crippen molar-refractivity contribution in [2.24, 2.45) is 0 Å². The fraction of sp³-hybridized carbons (Fsp3) is 0. The number of rotatable bonds is 1. The molecule has 0 amide bonds. The molecule has 6 heteroatoms. The molecule has 0 N–H and O–H groups in total. The van der Waals surface area contributed by atoms with E-state index in [1.165, 1.54) is 118 Å². The molecule has 3 aliphatic heterocycles. The second kappa shape index (κ2) is 13.3. The average Bonchev–Trinajstić information content (AvgIpc) is 4.27. The predicted molar refractivity (Wildman–Crippen MR) is 296 cm³/mol. The number of hydrogen-bond acceptors (Lipinski definition) is 3. The zero-order chi connectivity index (χ0) is 45.1. The van der Waals surface area contributed by atoms with Crippen molar-refractivity contribution in [2.45, 2.75) is 0 Å². The van der Waals surface area contributed by atoms with Gasteiger partial charge in [0, 0.05) is 38.5 Å². The third kappa shape index (κ3) is 4.70. The van der Waals surface area contributed by atoms with Crippen LogP contribution in [0.1, 0.15) is 5.56 Å². The summed E-state index contributed by atoms with van der Waals surface area (Å²) in [7, 11) is 0. The first-order chi connectivity index (χ1) is 34.7. The Labute approximate surface area is 419 Å². The first kappa shape index (κ1) is 37.6. The molecule has 0 radical (unpaired) electrons. The third-order valence-corrected chi connectivity index (χ3v) is 26.8. The van der Waals surface area contributed by atoms with Gasteiger partial charge < -0.3 is 8.82 Å². The van der Waals surface area contributed by atoms with Gasteiger partial charge in [-0.25, -0.2) is 0 Å². The zero-order valence-corrected chi connectivity index (χ0v) is 42.0. The molecular formula is C64H32I2NO2S-. The van der Waals surface area contributed by atoms with Crippen LogP contribution in [0.2, 0.25) is 0 Å². The molecule has 8 heterocycles. The Hall–Kier alpha value is -7.24. The van der Waals surface area contributed by atoms with Crippen LogP contribution in [0.5, 0.6) is 0 Å². The van der Waals surface area contributed by atoms with Crippen LogP contribution in [0.3, 0.4) is 0 Å². The number of pyridine rings is 1. The SMILES string of the molecule is C1=c2ccccc2=C2c3cc4oc5cc(-c6cccc7c6sc6c7ccc7c8ccc9oc%10ccccc%10c9c8c8c9ccccc9cn8c76)ccc5c4cc3-c3ccc4c(c3I12)[I-]c1ccccc1-4. The van der Waals surface area contributed by atoms with Crippen molar-refractivity contribution in [2.75, 3.05) is 0 Å². The molecule has 0 saturated carbocycles. The Morgan fingerprint density at radius 2 is 1.20 bits per heavy atom. The fourth-order valence-electron chi connectivity index (χ4n) is 12.4. The van der Waals surface area contributed by atoms with Gasteiger partial charge in [-0.1, -0.05) is 54.6 Å². The second-order valence-corrected chi connectivity index (χ2v) is 27.3. The average molecular weight is 1130 g/mol. The van der Waals surface area contributed by atoms with Gasteiger partial charge in [0.2, 0.25) is 0 Å². The summed E-state index contributed by atoms with van der Waals surface area (Å²) in [5.74, 6) is 0. The predicted octanol–water partition coefficient (Wildman–Crippen LogP) is 13.6. The van der Waals surface area contributed by atoms with E-state index in [2.05, 4.69) is 197 Å². The minimum atomic E-state index is -1.93. The van der Waals surface area contributed by atoms with Crippen LogP contribution in [0, 0.1) is 10.7 Å². The Balaban J connectivity index is 0.854. The quantitative estimate of drug-likeness (QED) is 0.121. The zero-order valence-electron chi connectivity index (χ0n) is 36.9. The van der Waals surface area contributed by atoms with Crippen molar-refractivity contribution >= 4 is 141 Å². The molecule has 10 aromatic carbocycles. The van der Waals surface area contributed by atoms with Crippen LogP contribution in [-0.2, 0) is 0 Å². The van der Waals surface area contributed by atoms with Crippen molar-refractivity contribution in [1.29, 1.82) is 0 Å². The van der Waals surface area contributed by atoms with Crippen LogP contribution < -0.4 is 31.6 Å². The van der Waals surface area contributed by atoms with Gasteiger partial charge in [-0.2, -0.15) is 0 Å². The Morgan fingerprint density at radius 1 is 0.443 bits per heavy atom. The number of fused-ring (bicyclic) bond motifs is 30. The van der Waals surface area contributed by atoms with Gasteiger partial charge in [-0.3, -0.25) is 0 Å². The van der Waals surface area contributed by atoms with E-state index in [1.54, 1.807) is 14.3 Å². The second-order valence-electron chi connectivity index (χ2n) is 18.9. The van der Waals surface area contributed by atoms with Gasteiger partial charge in [-0.05, 0) is 23.6 Å². The molecule has 15 aromatic rings. The van der Waals surface area contributed by atoms with Gasteiger partial charge in [0.15, 0.2) is 0 Å². The molecule has 0 spiro atoms. The molecule has 326 valence electrons. The van der Waals surface area contributed by atoms with E-state index >= 15 is 0 Å². The molecule has 0 aliphatic carbocycles. The first-order valence-corrected chi connectivity index (χ1v) is 30.0. The number of halogens is 2. The van der Waals surface area contributed by atoms with Crippen LogP contribution in [0.15, 0.2) is 197 Å². The molecule has 0 atom stereocenters. The van der Waals surface area contributed by atoms with E-state index in [4.69, 9.17) is 8.83 Å². The first-order valence-electron chi connectivity index (χ1n) is 23.7. The van der Waals surface area contributed by atoms with Crippen LogP contribution in [0.4, 0.5) is 0 Å². The Morgan fingerprint density at radius 3 is 2.19 bits per heavy atom. The number of aromatic nitrogens is 1. The van der Waals surface area contributed by atoms with Crippen molar-refractivity contribution in [3.8, 4) is 33.4 Å². The molecule has 3 aliphatic rings. The third-order valence-electron chi connectivity index (χ3n) is 15.4. The van der Waals surface area contributed by atoms with Crippen molar-refractivity contribution in [1.82, 2.24) is 4.40 Å². The summed E-state index contributed by atoms with van der Waals surface area (Å²) in [6, 6.07) is 68.2. The molecule has 0 unspecified atom stereocenters. The van der Waals surface area contributed by atoms with E-state index in [0.29, 0.717) is 0 Å². The number of para-hydroxylation sites is 1. The Bertz CT molecular complexity index is 5120. The molecule has 3 nitrogen and oxygen atoms in total. The monoisotopic (exact) mass is 1130 g/mol. The number of thiophene rings is 1. The molecule has 0 saturated heterocycles. The Kier molecular flexibility index (Phi) is 7.17. The molecule has 0 bridgehead atoms. The van der Waals surface area contributed by atoms with Crippen LogP contribution in [0.25, 0.3) is 143 Å². The van der Waals surface area contributed by atoms with Crippen molar-refractivity contribution in [3.63, 3.8) is 0 Å². The summed E-state index contributed by atoms with van der Waals surface area (Å²) in [4.78, 5) is 0. The number of nitrogens with zero attached hydrogens (tertiary/aromatic N) is 1. The molecule has 70 heavy (non-hydrogen) atoms. The number of benzene rings is 10. The molecule has 0 fully saturated rings. The van der Waals surface area contributed by atoms with E-state index in [9.17, 15) is 0 Å². The van der Waals surface area contributed by atoms with E-state index in [0.717, 1.165) is 33.1 Å². The topological polar surface area (TPSA) is 30.7 Å². The summed E-state index contributed by atoms with van der Waals surface area (Å²) in [5, 5.41) is 16.2. The summed E-state index contributed by atoms with van der Waals surface area (Å²) >= 11 is -0.278. The van der Waals surface area contributed by atoms with E-state index in [-0.39, 0.29) is 21.2 Å². The van der Waals surface area contributed by atoms with Gasteiger partial charge in [0.05, 0.1) is 11.0 Å².